The second-order valence-corrected chi connectivity index (χ2v) is 5.57. The first-order valence-corrected chi connectivity index (χ1v) is 7.41. The van der Waals surface area contributed by atoms with Crippen molar-refractivity contribution in [3.05, 3.63) is 65.7 Å². The second kappa shape index (κ2) is 5.24. The number of anilines is 1. The Morgan fingerprint density at radius 2 is 1.71 bits per heavy atom. The summed E-state index contributed by atoms with van der Waals surface area (Å²) in [6, 6.07) is 17.9. The lowest BCUT2D eigenvalue weighted by Gasteiger charge is -2.46. The lowest BCUT2D eigenvalue weighted by molar-refractivity contribution is 0.0535. The van der Waals surface area contributed by atoms with Crippen LogP contribution < -0.4 is 5.32 Å². The van der Waals surface area contributed by atoms with Crippen LogP contribution in [-0.4, -0.2) is 17.4 Å². The summed E-state index contributed by atoms with van der Waals surface area (Å²) in [5.74, 6) is 0.0950. The fraction of sp³-hybridized carbons (Fsp3) is 0.278. The number of carbonyl (C=O) groups excluding carboxylic acids is 1. The molecule has 0 bridgehead atoms. The predicted molar refractivity (Wildman–Crippen MR) is 85.2 cm³/mol. The molecule has 108 valence electrons. The second-order valence-electron chi connectivity index (χ2n) is 5.57. The Morgan fingerprint density at radius 1 is 1.05 bits per heavy atom. The van der Waals surface area contributed by atoms with Crippen molar-refractivity contribution >= 4 is 11.6 Å². The van der Waals surface area contributed by atoms with E-state index in [2.05, 4.69) is 31.3 Å². The molecule has 3 heteroatoms. The highest BCUT2D eigenvalue weighted by molar-refractivity contribution is 6.02. The maximum Gasteiger partial charge on any atom is 0.258 e. The number of nitrogens with one attached hydrogen (secondary N) is 1. The fourth-order valence-corrected chi connectivity index (χ4v) is 3.00. The SMILES string of the molecule is CCCN1C(=O)c2ccccc2NC1(C)c1ccccc1. The van der Waals surface area contributed by atoms with Crippen LogP contribution in [0.4, 0.5) is 5.69 Å². The molecule has 0 aromatic heterocycles. The van der Waals surface area contributed by atoms with E-state index in [1.807, 2.05) is 47.4 Å². The normalized spacial score (nSPS) is 20.9. The van der Waals surface area contributed by atoms with Crippen LogP contribution in [0.3, 0.4) is 0 Å². The molecule has 1 heterocycles. The van der Waals surface area contributed by atoms with E-state index in [4.69, 9.17) is 0 Å². The van der Waals surface area contributed by atoms with Crippen LogP contribution in [-0.2, 0) is 5.66 Å². The summed E-state index contributed by atoms with van der Waals surface area (Å²) in [5.41, 5.74) is 2.24. The molecule has 3 rings (SSSR count). The van der Waals surface area contributed by atoms with E-state index in [1.165, 1.54) is 0 Å². The standard InChI is InChI=1S/C18H20N2O/c1-3-13-20-17(21)15-11-7-8-12-16(15)19-18(20,2)14-9-5-4-6-10-14/h4-12,19H,3,13H2,1-2H3. The van der Waals surface area contributed by atoms with Gasteiger partial charge in [0, 0.05) is 12.2 Å². The van der Waals surface area contributed by atoms with E-state index < -0.39 is 5.66 Å². The van der Waals surface area contributed by atoms with Crippen LogP contribution in [0.15, 0.2) is 54.6 Å². The number of carbonyl (C=O) groups is 1. The molecule has 0 saturated heterocycles. The molecule has 2 aromatic rings. The highest BCUT2D eigenvalue weighted by Crippen LogP contribution is 2.37. The highest BCUT2D eigenvalue weighted by Gasteiger charge is 2.41. The maximum atomic E-state index is 12.9. The van der Waals surface area contributed by atoms with Crippen molar-refractivity contribution in [2.45, 2.75) is 25.9 Å². The number of nitrogens with zero attached hydrogens (tertiary/aromatic N) is 1. The molecule has 0 fully saturated rings. The zero-order valence-corrected chi connectivity index (χ0v) is 12.5. The first-order valence-electron chi connectivity index (χ1n) is 7.41. The van der Waals surface area contributed by atoms with Crippen molar-refractivity contribution < 1.29 is 4.79 Å². The minimum atomic E-state index is -0.511. The molecular formula is C18H20N2O. The summed E-state index contributed by atoms with van der Waals surface area (Å²) in [6.07, 6.45) is 0.929. The quantitative estimate of drug-likeness (QED) is 0.926. The van der Waals surface area contributed by atoms with Crippen molar-refractivity contribution in [1.29, 1.82) is 0 Å². The Bertz CT molecular complexity index is 653. The monoisotopic (exact) mass is 280 g/mol. The van der Waals surface area contributed by atoms with E-state index in [0.29, 0.717) is 0 Å². The van der Waals surface area contributed by atoms with Crippen LogP contribution in [0.2, 0.25) is 0 Å². The predicted octanol–water partition coefficient (Wildman–Crippen LogP) is 3.84. The maximum absolute atomic E-state index is 12.9. The first kappa shape index (κ1) is 13.7. The molecule has 21 heavy (non-hydrogen) atoms. The first-order chi connectivity index (χ1) is 10.2. The number of benzene rings is 2. The van der Waals surface area contributed by atoms with Gasteiger partial charge in [0.1, 0.15) is 5.66 Å². The van der Waals surface area contributed by atoms with E-state index in [1.54, 1.807) is 0 Å². The van der Waals surface area contributed by atoms with Crippen LogP contribution in [0.5, 0.6) is 0 Å². The van der Waals surface area contributed by atoms with Gasteiger partial charge in [-0.15, -0.1) is 0 Å². The fourth-order valence-electron chi connectivity index (χ4n) is 3.00. The Hall–Kier alpha value is -2.29. The number of hydrogen-bond donors (Lipinski definition) is 1. The third kappa shape index (κ3) is 2.19. The Labute approximate surface area is 125 Å². The van der Waals surface area contributed by atoms with Crippen molar-refractivity contribution in [3.63, 3.8) is 0 Å². The summed E-state index contributed by atoms with van der Waals surface area (Å²) in [5, 5.41) is 3.56. The number of rotatable bonds is 3. The number of amides is 1. The summed E-state index contributed by atoms with van der Waals surface area (Å²) in [4.78, 5) is 14.8. The van der Waals surface area contributed by atoms with Gasteiger partial charge < -0.3 is 10.2 Å². The van der Waals surface area contributed by atoms with Crippen molar-refractivity contribution in [1.82, 2.24) is 4.90 Å². The van der Waals surface area contributed by atoms with Gasteiger partial charge in [-0.25, -0.2) is 0 Å². The van der Waals surface area contributed by atoms with Gasteiger partial charge in [-0.1, -0.05) is 49.4 Å². The molecule has 1 amide bonds. The molecule has 3 nitrogen and oxygen atoms in total. The zero-order chi connectivity index (χ0) is 14.9. The average Bonchev–Trinajstić information content (AvgIpc) is 2.52. The van der Waals surface area contributed by atoms with Gasteiger partial charge in [-0.05, 0) is 31.0 Å². The van der Waals surface area contributed by atoms with Gasteiger partial charge in [0.2, 0.25) is 0 Å². The van der Waals surface area contributed by atoms with Gasteiger partial charge in [0.15, 0.2) is 0 Å². The summed E-state index contributed by atoms with van der Waals surface area (Å²) >= 11 is 0. The van der Waals surface area contributed by atoms with E-state index in [-0.39, 0.29) is 5.91 Å². The van der Waals surface area contributed by atoms with Crippen LogP contribution in [0.25, 0.3) is 0 Å². The van der Waals surface area contributed by atoms with Crippen LogP contribution >= 0.6 is 0 Å². The molecule has 1 unspecified atom stereocenters. The number of para-hydroxylation sites is 1. The van der Waals surface area contributed by atoms with Crippen molar-refractivity contribution in [2.24, 2.45) is 0 Å². The molecular weight excluding hydrogens is 260 g/mol. The van der Waals surface area contributed by atoms with E-state index in [0.717, 1.165) is 29.8 Å². The topological polar surface area (TPSA) is 32.3 Å². The minimum Gasteiger partial charge on any atom is -0.358 e. The Kier molecular flexibility index (Phi) is 3.42. The highest BCUT2D eigenvalue weighted by atomic mass is 16.2. The minimum absolute atomic E-state index is 0.0950. The molecule has 0 radical (unpaired) electrons. The Morgan fingerprint density at radius 3 is 2.43 bits per heavy atom. The van der Waals surface area contributed by atoms with E-state index >= 15 is 0 Å². The third-order valence-electron chi connectivity index (χ3n) is 4.10. The van der Waals surface area contributed by atoms with E-state index in [9.17, 15) is 4.79 Å². The van der Waals surface area contributed by atoms with Gasteiger partial charge in [-0.2, -0.15) is 0 Å². The molecule has 0 aliphatic carbocycles. The summed E-state index contributed by atoms with van der Waals surface area (Å²) in [7, 11) is 0. The van der Waals surface area contributed by atoms with Gasteiger partial charge in [-0.3, -0.25) is 4.79 Å². The molecule has 0 spiro atoms. The molecule has 1 aliphatic rings. The van der Waals surface area contributed by atoms with Crippen LogP contribution in [0.1, 0.15) is 36.2 Å². The lowest BCUT2D eigenvalue weighted by atomic mass is 9.93. The zero-order valence-electron chi connectivity index (χ0n) is 12.5. The van der Waals surface area contributed by atoms with Gasteiger partial charge >= 0.3 is 0 Å². The summed E-state index contributed by atoms with van der Waals surface area (Å²) < 4.78 is 0. The van der Waals surface area contributed by atoms with Gasteiger partial charge in [0.05, 0.1) is 5.56 Å². The van der Waals surface area contributed by atoms with Gasteiger partial charge in [0.25, 0.3) is 5.91 Å². The average molecular weight is 280 g/mol. The molecule has 1 N–H and O–H groups in total. The van der Waals surface area contributed by atoms with Crippen LogP contribution in [0, 0.1) is 0 Å². The molecule has 0 saturated carbocycles. The lowest BCUT2D eigenvalue weighted by Crippen LogP contribution is -2.56. The van der Waals surface area contributed by atoms with Crippen molar-refractivity contribution in [3.8, 4) is 0 Å². The Balaban J connectivity index is 2.13. The molecule has 1 atom stereocenters. The van der Waals surface area contributed by atoms with Crippen molar-refractivity contribution in [2.75, 3.05) is 11.9 Å². The number of fused-ring (bicyclic) bond motifs is 1. The smallest absolute Gasteiger partial charge is 0.258 e. The number of hydrogen-bond acceptors (Lipinski definition) is 2. The molecule has 2 aromatic carbocycles. The molecule has 1 aliphatic heterocycles. The third-order valence-corrected chi connectivity index (χ3v) is 4.10. The largest absolute Gasteiger partial charge is 0.358 e. The summed E-state index contributed by atoms with van der Waals surface area (Å²) in [6.45, 7) is 4.90.